The first-order valence-electron chi connectivity index (χ1n) is 6.88. The van der Waals surface area contributed by atoms with Crippen LogP contribution in [0.4, 0.5) is 11.6 Å². The molecule has 106 valence electrons. The first-order chi connectivity index (χ1) is 9.74. The third-order valence-electron chi connectivity index (χ3n) is 3.55. The number of aromatic nitrogens is 2. The summed E-state index contributed by atoms with van der Waals surface area (Å²) in [5.41, 5.74) is 7.03. The first kappa shape index (κ1) is 13.2. The van der Waals surface area contributed by atoms with Crippen molar-refractivity contribution in [2.75, 3.05) is 23.7 Å². The molecule has 2 aromatic rings. The Kier molecular flexibility index (Phi) is 3.78. The molecule has 0 radical (unpaired) electrons. The van der Waals surface area contributed by atoms with E-state index in [-0.39, 0.29) is 0 Å². The number of nitrogens with two attached hydrogens (primary N) is 1. The number of nitrogens with zero attached hydrogens (tertiary/aromatic N) is 3. The van der Waals surface area contributed by atoms with Gasteiger partial charge in [-0.2, -0.15) is 4.98 Å². The highest BCUT2D eigenvalue weighted by atomic mass is 35.5. The van der Waals surface area contributed by atoms with Gasteiger partial charge in [0.25, 0.3) is 11.8 Å². The zero-order valence-electron chi connectivity index (χ0n) is 11.2. The van der Waals surface area contributed by atoms with E-state index in [9.17, 15) is 0 Å². The summed E-state index contributed by atoms with van der Waals surface area (Å²) < 4.78 is 5.34. The van der Waals surface area contributed by atoms with Crippen molar-refractivity contribution in [2.24, 2.45) is 0 Å². The summed E-state index contributed by atoms with van der Waals surface area (Å²) in [6.45, 7) is 1.98. The molecule has 20 heavy (non-hydrogen) atoms. The maximum Gasteiger partial charge on any atom is 0.266 e. The van der Waals surface area contributed by atoms with Gasteiger partial charge in [-0.3, -0.25) is 0 Å². The van der Waals surface area contributed by atoms with E-state index < -0.39 is 0 Å². The zero-order chi connectivity index (χ0) is 13.9. The molecule has 0 aliphatic carbocycles. The van der Waals surface area contributed by atoms with Crippen LogP contribution in [0.25, 0.3) is 11.5 Å². The lowest BCUT2D eigenvalue weighted by Gasteiger charge is -2.16. The molecule has 6 heteroatoms. The third kappa shape index (κ3) is 2.72. The van der Waals surface area contributed by atoms with Gasteiger partial charge in [-0.25, -0.2) is 0 Å². The molecule has 2 heterocycles. The Hall–Kier alpha value is -1.75. The molecular formula is C14H17ClN4O. The van der Waals surface area contributed by atoms with Gasteiger partial charge in [-0.1, -0.05) is 24.4 Å². The van der Waals surface area contributed by atoms with Crippen LogP contribution in [-0.2, 0) is 0 Å². The van der Waals surface area contributed by atoms with Crippen molar-refractivity contribution in [3.05, 3.63) is 23.2 Å². The molecule has 0 spiro atoms. The summed E-state index contributed by atoms with van der Waals surface area (Å²) in [6, 6.07) is 5.32. The molecule has 1 aliphatic rings. The van der Waals surface area contributed by atoms with Gasteiger partial charge >= 0.3 is 0 Å². The minimum Gasteiger partial charge on any atom is -0.398 e. The number of hydrogen-bond acceptors (Lipinski definition) is 5. The number of halogens is 1. The smallest absolute Gasteiger partial charge is 0.266 e. The van der Waals surface area contributed by atoms with Crippen LogP contribution in [-0.4, -0.2) is 23.2 Å². The van der Waals surface area contributed by atoms with Gasteiger partial charge in [-0.15, -0.1) is 0 Å². The van der Waals surface area contributed by atoms with Crippen LogP contribution in [0.5, 0.6) is 0 Å². The molecule has 0 unspecified atom stereocenters. The van der Waals surface area contributed by atoms with Crippen molar-refractivity contribution < 1.29 is 4.52 Å². The fourth-order valence-corrected chi connectivity index (χ4v) is 2.57. The van der Waals surface area contributed by atoms with Gasteiger partial charge in [0.15, 0.2) is 0 Å². The van der Waals surface area contributed by atoms with Crippen LogP contribution in [0.1, 0.15) is 25.7 Å². The van der Waals surface area contributed by atoms with E-state index in [2.05, 4.69) is 15.0 Å². The summed E-state index contributed by atoms with van der Waals surface area (Å²) in [5.74, 6) is 1.14. The summed E-state index contributed by atoms with van der Waals surface area (Å²) in [5, 5.41) is 4.57. The molecule has 1 aromatic carbocycles. The van der Waals surface area contributed by atoms with E-state index in [1.807, 2.05) is 6.07 Å². The molecule has 0 atom stereocenters. The lowest BCUT2D eigenvalue weighted by atomic mass is 10.2. The maximum absolute atomic E-state index is 6.02. The Morgan fingerprint density at radius 1 is 1.15 bits per heavy atom. The molecule has 3 rings (SSSR count). The van der Waals surface area contributed by atoms with Crippen LogP contribution in [0.15, 0.2) is 22.7 Å². The molecule has 1 aromatic heterocycles. The van der Waals surface area contributed by atoms with Gasteiger partial charge in [0.1, 0.15) is 0 Å². The second-order valence-electron chi connectivity index (χ2n) is 5.04. The summed E-state index contributed by atoms with van der Waals surface area (Å²) in [6.07, 6.45) is 4.90. The lowest BCUT2D eigenvalue weighted by molar-refractivity contribution is 0.429. The van der Waals surface area contributed by atoms with Gasteiger partial charge in [0.2, 0.25) is 0 Å². The summed E-state index contributed by atoms with van der Waals surface area (Å²) in [4.78, 5) is 6.64. The topological polar surface area (TPSA) is 68.2 Å². The van der Waals surface area contributed by atoms with E-state index in [4.69, 9.17) is 21.9 Å². The van der Waals surface area contributed by atoms with Gasteiger partial charge in [0, 0.05) is 18.7 Å². The number of anilines is 2. The van der Waals surface area contributed by atoms with E-state index >= 15 is 0 Å². The van der Waals surface area contributed by atoms with Gasteiger partial charge in [0.05, 0.1) is 10.7 Å². The second-order valence-corrected chi connectivity index (χ2v) is 5.44. The predicted molar refractivity (Wildman–Crippen MR) is 79.8 cm³/mol. The second kappa shape index (κ2) is 5.71. The van der Waals surface area contributed by atoms with Crippen LogP contribution in [0.2, 0.25) is 5.02 Å². The SMILES string of the molecule is Nc1ccc(-c2nc(N3CCCCCC3)no2)cc1Cl. The fourth-order valence-electron chi connectivity index (χ4n) is 2.39. The highest BCUT2D eigenvalue weighted by molar-refractivity contribution is 6.33. The fraction of sp³-hybridized carbons (Fsp3) is 0.429. The zero-order valence-corrected chi connectivity index (χ0v) is 11.9. The van der Waals surface area contributed by atoms with Crippen LogP contribution >= 0.6 is 11.6 Å². The normalized spacial score (nSPS) is 16.1. The largest absolute Gasteiger partial charge is 0.398 e. The molecule has 1 fully saturated rings. The van der Waals surface area contributed by atoms with E-state index in [1.54, 1.807) is 12.1 Å². The van der Waals surface area contributed by atoms with Gasteiger partial charge < -0.3 is 15.2 Å². The van der Waals surface area contributed by atoms with E-state index in [1.165, 1.54) is 25.7 Å². The molecule has 5 nitrogen and oxygen atoms in total. The maximum atomic E-state index is 6.02. The Morgan fingerprint density at radius 2 is 1.90 bits per heavy atom. The molecule has 0 saturated carbocycles. The molecule has 0 amide bonds. The number of rotatable bonds is 2. The average Bonchev–Trinajstić information content (AvgIpc) is 2.78. The van der Waals surface area contributed by atoms with Crippen LogP contribution in [0.3, 0.4) is 0 Å². The average molecular weight is 293 g/mol. The molecular weight excluding hydrogens is 276 g/mol. The van der Waals surface area contributed by atoms with Gasteiger partial charge in [-0.05, 0) is 36.2 Å². The molecule has 2 N–H and O–H groups in total. The molecule has 1 aliphatic heterocycles. The Labute approximate surface area is 122 Å². The standard InChI is InChI=1S/C14H17ClN4O/c15-11-9-10(5-6-12(11)16)13-17-14(18-20-13)19-7-3-1-2-4-8-19/h5-6,9H,1-4,7-8,16H2. The van der Waals surface area contributed by atoms with Crippen LogP contribution < -0.4 is 10.6 Å². The van der Waals surface area contributed by atoms with Crippen molar-refractivity contribution >= 4 is 23.2 Å². The highest BCUT2D eigenvalue weighted by Gasteiger charge is 2.17. The minimum absolute atomic E-state index is 0.478. The lowest BCUT2D eigenvalue weighted by Crippen LogP contribution is -2.24. The van der Waals surface area contributed by atoms with Crippen molar-refractivity contribution in [1.82, 2.24) is 10.1 Å². The monoisotopic (exact) mass is 292 g/mol. The summed E-state index contributed by atoms with van der Waals surface area (Å²) in [7, 11) is 0. The highest BCUT2D eigenvalue weighted by Crippen LogP contribution is 2.27. The summed E-state index contributed by atoms with van der Waals surface area (Å²) >= 11 is 6.02. The first-order valence-corrected chi connectivity index (χ1v) is 7.26. The third-order valence-corrected chi connectivity index (χ3v) is 3.88. The van der Waals surface area contributed by atoms with Crippen molar-refractivity contribution in [3.63, 3.8) is 0 Å². The van der Waals surface area contributed by atoms with E-state index in [0.717, 1.165) is 18.7 Å². The minimum atomic E-state index is 0.478. The number of hydrogen-bond donors (Lipinski definition) is 1. The Balaban J connectivity index is 1.83. The van der Waals surface area contributed by atoms with Crippen molar-refractivity contribution in [3.8, 4) is 11.5 Å². The Bertz CT molecular complexity index is 591. The molecule has 1 saturated heterocycles. The Morgan fingerprint density at radius 3 is 2.60 bits per heavy atom. The molecule has 0 bridgehead atoms. The quantitative estimate of drug-likeness (QED) is 0.860. The van der Waals surface area contributed by atoms with E-state index in [0.29, 0.717) is 22.5 Å². The number of benzene rings is 1. The van der Waals surface area contributed by atoms with Crippen molar-refractivity contribution in [2.45, 2.75) is 25.7 Å². The number of nitrogen functional groups attached to an aromatic ring is 1. The van der Waals surface area contributed by atoms with Crippen molar-refractivity contribution in [1.29, 1.82) is 0 Å². The predicted octanol–water partition coefficient (Wildman–Crippen LogP) is 3.35. The van der Waals surface area contributed by atoms with Crippen LogP contribution in [0, 0.1) is 0 Å².